The van der Waals surface area contributed by atoms with E-state index in [-0.39, 0.29) is 19.0 Å². The first-order chi connectivity index (χ1) is 13.0. The maximum absolute atomic E-state index is 12.3. The summed E-state index contributed by atoms with van der Waals surface area (Å²) in [7, 11) is 3.08. The second-order valence-electron chi connectivity index (χ2n) is 6.07. The first kappa shape index (κ1) is 19.1. The average Bonchev–Trinajstić information content (AvgIpc) is 3.07. The predicted molar refractivity (Wildman–Crippen MR) is 104 cm³/mol. The van der Waals surface area contributed by atoms with Crippen molar-refractivity contribution in [3.05, 3.63) is 59.2 Å². The average molecular weight is 389 g/mol. The van der Waals surface area contributed by atoms with Gasteiger partial charge in [0.2, 0.25) is 5.91 Å². The summed E-state index contributed by atoms with van der Waals surface area (Å²) in [6.07, 6.45) is 0.914. The number of rotatable bonds is 7. The number of ether oxygens (including phenoxy) is 2. The van der Waals surface area contributed by atoms with E-state index in [1.165, 1.54) is 7.11 Å². The third kappa shape index (κ3) is 4.35. The Morgan fingerprint density at radius 3 is 2.74 bits per heavy atom. The van der Waals surface area contributed by atoms with Crippen LogP contribution >= 0.6 is 11.6 Å². The SMILES string of the molecule is COc1ccc(OC)c(C(O)CNC(=O)Cn2ccc3ccc(Cl)cc32)c1. The Hall–Kier alpha value is -2.70. The van der Waals surface area contributed by atoms with Crippen molar-refractivity contribution in [2.24, 2.45) is 0 Å². The van der Waals surface area contributed by atoms with Crippen LogP contribution in [0.1, 0.15) is 11.7 Å². The number of carbonyl (C=O) groups excluding carboxylic acids is 1. The minimum Gasteiger partial charge on any atom is -0.497 e. The Morgan fingerprint density at radius 1 is 1.19 bits per heavy atom. The van der Waals surface area contributed by atoms with Crippen molar-refractivity contribution in [2.45, 2.75) is 12.6 Å². The molecule has 0 saturated heterocycles. The number of hydrogen-bond donors (Lipinski definition) is 2. The summed E-state index contributed by atoms with van der Waals surface area (Å²) in [5.41, 5.74) is 1.43. The highest BCUT2D eigenvalue weighted by Gasteiger charge is 2.16. The van der Waals surface area contributed by atoms with Gasteiger partial charge in [-0.25, -0.2) is 0 Å². The van der Waals surface area contributed by atoms with Crippen molar-refractivity contribution in [3.8, 4) is 11.5 Å². The highest BCUT2D eigenvalue weighted by atomic mass is 35.5. The van der Waals surface area contributed by atoms with Crippen molar-refractivity contribution in [3.63, 3.8) is 0 Å². The number of aliphatic hydroxyl groups is 1. The van der Waals surface area contributed by atoms with Crippen LogP contribution in [0.5, 0.6) is 11.5 Å². The van der Waals surface area contributed by atoms with Gasteiger partial charge in [-0.3, -0.25) is 4.79 Å². The molecular formula is C20H21ClN2O4. The fraction of sp³-hybridized carbons (Fsp3) is 0.250. The zero-order chi connectivity index (χ0) is 19.4. The number of benzene rings is 2. The molecular weight excluding hydrogens is 368 g/mol. The Bertz CT molecular complexity index is 954. The van der Waals surface area contributed by atoms with Crippen molar-refractivity contribution < 1.29 is 19.4 Å². The van der Waals surface area contributed by atoms with Crippen LogP contribution in [0.15, 0.2) is 48.7 Å². The van der Waals surface area contributed by atoms with E-state index in [9.17, 15) is 9.90 Å². The normalized spacial score (nSPS) is 12.0. The molecule has 1 unspecified atom stereocenters. The monoisotopic (exact) mass is 388 g/mol. The molecule has 1 atom stereocenters. The van der Waals surface area contributed by atoms with Crippen LogP contribution in [0.25, 0.3) is 10.9 Å². The highest BCUT2D eigenvalue weighted by Crippen LogP contribution is 2.29. The second kappa shape index (κ2) is 8.33. The number of amides is 1. The smallest absolute Gasteiger partial charge is 0.240 e. The molecule has 0 aliphatic rings. The fourth-order valence-corrected chi connectivity index (χ4v) is 3.09. The zero-order valence-corrected chi connectivity index (χ0v) is 15.9. The molecule has 1 amide bonds. The molecule has 1 aromatic heterocycles. The number of aromatic nitrogens is 1. The molecule has 0 spiro atoms. The van der Waals surface area contributed by atoms with E-state index in [1.807, 2.05) is 35.0 Å². The van der Waals surface area contributed by atoms with Crippen LogP contribution in [-0.4, -0.2) is 36.3 Å². The lowest BCUT2D eigenvalue weighted by molar-refractivity contribution is -0.122. The molecule has 0 radical (unpaired) electrons. The van der Waals surface area contributed by atoms with E-state index in [4.69, 9.17) is 21.1 Å². The van der Waals surface area contributed by atoms with Gasteiger partial charge in [0.05, 0.1) is 20.3 Å². The zero-order valence-electron chi connectivity index (χ0n) is 15.1. The largest absolute Gasteiger partial charge is 0.497 e. The van der Waals surface area contributed by atoms with E-state index in [1.54, 1.807) is 25.3 Å². The highest BCUT2D eigenvalue weighted by molar-refractivity contribution is 6.31. The van der Waals surface area contributed by atoms with Crippen molar-refractivity contribution in [2.75, 3.05) is 20.8 Å². The minimum atomic E-state index is -0.921. The van der Waals surface area contributed by atoms with Crippen LogP contribution < -0.4 is 14.8 Å². The number of aliphatic hydroxyl groups excluding tert-OH is 1. The number of fused-ring (bicyclic) bond motifs is 1. The lowest BCUT2D eigenvalue weighted by Crippen LogP contribution is -2.31. The molecule has 0 saturated carbocycles. The topological polar surface area (TPSA) is 72.7 Å². The first-order valence-corrected chi connectivity index (χ1v) is 8.80. The summed E-state index contributed by atoms with van der Waals surface area (Å²) in [5.74, 6) is 0.920. The van der Waals surface area contributed by atoms with Crippen LogP contribution in [0.4, 0.5) is 0 Å². The third-order valence-corrected chi connectivity index (χ3v) is 4.57. The van der Waals surface area contributed by atoms with Gasteiger partial charge in [0.25, 0.3) is 0 Å². The molecule has 7 heteroatoms. The van der Waals surface area contributed by atoms with Crippen LogP contribution in [-0.2, 0) is 11.3 Å². The van der Waals surface area contributed by atoms with E-state index in [2.05, 4.69) is 5.32 Å². The van der Waals surface area contributed by atoms with Gasteiger partial charge in [0.1, 0.15) is 18.0 Å². The number of nitrogens with one attached hydrogen (secondary N) is 1. The molecule has 6 nitrogen and oxygen atoms in total. The van der Waals surface area contributed by atoms with Crippen molar-refractivity contribution in [1.29, 1.82) is 0 Å². The molecule has 142 valence electrons. The summed E-state index contributed by atoms with van der Waals surface area (Å²) in [6.45, 7) is 0.189. The van der Waals surface area contributed by atoms with Gasteiger partial charge in [0.15, 0.2) is 0 Å². The first-order valence-electron chi connectivity index (χ1n) is 8.43. The number of methoxy groups -OCH3 is 2. The standard InChI is InChI=1S/C20H21ClN2O4/c1-26-15-5-6-19(27-2)16(10-15)18(24)11-22-20(25)12-23-8-7-13-3-4-14(21)9-17(13)23/h3-10,18,24H,11-12H2,1-2H3,(H,22,25). The Morgan fingerprint density at radius 2 is 2.00 bits per heavy atom. The summed E-state index contributed by atoms with van der Waals surface area (Å²) in [4.78, 5) is 12.3. The molecule has 0 fully saturated rings. The molecule has 2 aromatic carbocycles. The molecule has 0 aliphatic carbocycles. The van der Waals surface area contributed by atoms with Gasteiger partial charge in [0, 0.05) is 28.8 Å². The lowest BCUT2D eigenvalue weighted by Gasteiger charge is -2.17. The van der Waals surface area contributed by atoms with Gasteiger partial charge in [-0.15, -0.1) is 0 Å². The van der Waals surface area contributed by atoms with Gasteiger partial charge in [-0.2, -0.15) is 0 Å². The second-order valence-corrected chi connectivity index (χ2v) is 6.51. The van der Waals surface area contributed by atoms with Crippen LogP contribution in [0, 0.1) is 0 Å². The molecule has 3 rings (SSSR count). The quantitative estimate of drug-likeness (QED) is 0.652. The van der Waals surface area contributed by atoms with Crippen LogP contribution in [0.2, 0.25) is 5.02 Å². The van der Waals surface area contributed by atoms with Crippen molar-refractivity contribution in [1.82, 2.24) is 9.88 Å². The number of hydrogen-bond acceptors (Lipinski definition) is 4. The summed E-state index contributed by atoms with van der Waals surface area (Å²) in [5, 5.41) is 14.8. The predicted octanol–water partition coefficient (Wildman–Crippen LogP) is 3.16. The van der Waals surface area contributed by atoms with Gasteiger partial charge >= 0.3 is 0 Å². The number of carbonyl (C=O) groups is 1. The van der Waals surface area contributed by atoms with E-state index in [0.29, 0.717) is 22.1 Å². The summed E-state index contributed by atoms with van der Waals surface area (Å²) >= 11 is 6.04. The Labute approximate surface area is 162 Å². The van der Waals surface area contributed by atoms with Crippen LogP contribution in [0.3, 0.4) is 0 Å². The molecule has 1 heterocycles. The Balaban J connectivity index is 1.66. The number of halogens is 1. The van der Waals surface area contributed by atoms with Crippen molar-refractivity contribution >= 4 is 28.4 Å². The molecule has 0 aliphatic heterocycles. The van der Waals surface area contributed by atoms with E-state index >= 15 is 0 Å². The van der Waals surface area contributed by atoms with Gasteiger partial charge in [-0.05, 0) is 41.8 Å². The molecule has 27 heavy (non-hydrogen) atoms. The number of nitrogens with zero attached hydrogens (tertiary/aromatic N) is 1. The lowest BCUT2D eigenvalue weighted by atomic mass is 10.1. The van der Waals surface area contributed by atoms with Gasteiger partial charge in [-0.1, -0.05) is 17.7 Å². The summed E-state index contributed by atoms with van der Waals surface area (Å²) in [6, 6.07) is 12.6. The molecule has 3 aromatic rings. The Kier molecular flexibility index (Phi) is 5.88. The van der Waals surface area contributed by atoms with E-state index < -0.39 is 6.10 Å². The minimum absolute atomic E-state index is 0.0579. The fourth-order valence-electron chi connectivity index (χ4n) is 2.93. The third-order valence-electron chi connectivity index (χ3n) is 4.34. The van der Waals surface area contributed by atoms with Gasteiger partial charge < -0.3 is 24.5 Å². The maximum Gasteiger partial charge on any atom is 0.240 e. The van der Waals surface area contributed by atoms with E-state index in [0.717, 1.165) is 10.9 Å². The molecule has 2 N–H and O–H groups in total. The molecule has 0 bridgehead atoms. The maximum atomic E-state index is 12.3. The summed E-state index contributed by atoms with van der Waals surface area (Å²) < 4.78 is 12.3.